The van der Waals surface area contributed by atoms with E-state index in [1.54, 1.807) is 0 Å². The second kappa shape index (κ2) is 10.4. The van der Waals surface area contributed by atoms with Gasteiger partial charge in [-0.25, -0.2) is 0 Å². The Morgan fingerprint density at radius 3 is 1.50 bits per heavy atom. The Kier molecular flexibility index (Phi) is 8.92. The van der Waals surface area contributed by atoms with Crippen molar-refractivity contribution in [1.82, 2.24) is 10.6 Å². The van der Waals surface area contributed by atoms with Gasteiger partial charge in [0.05, 0.1) is 61.4 Å². The van der Waals surface area contributed by atoms with Crippen LogP contribution in [-0.4, -0.2) is 70.8 Å². The Morgan fingerprint density at radius 2 is 1.21 bits per heavy atom. The first-order valence-corrected chi connectivity index (χ1v) is 8.13. The van der Waals surface area contributed by atoms with Crippen LogP contribution in [0, 0.1) is 0 Å². The second-order valence-corrected chi connectivity index (χ2v) is 5.50. The molecule has 0 saturated heterocycles. The van der Waals surface area contributed by atoms with Crippen LogP contribution in [0.15, 0.2) is 18.2 Å². The van der Waals surface area contributed by atoms with Crippen molar-refractivity contribution in [2.75, 3.05) is 30.0 Å². The van der Waals surface area contributed by atoms with Crippen molar-refractivity contribution in [2.24, 2.45) is 0 Å². The van der Waals surface area contributed by atoms with Gasteiger partial charge in [-0.05, 0) is 18.2 Å². The molecule has 9 nitrogen and oxygen atoms in total. The summed E-state index contributed by atoms with van der Waals surface area (Å²) in [5.74, 6) is -1.13. The number of nitrogens with one attached hydrogen (secondary N) is 3. The lowest BCUT2D eigenvalue weighted by Crippen LogP contribution is -2.41. The number of rotatable bonds is 9. The van der Waals surface area contributed by atoms with E-state index >= 15 is 0 Å². The maximum absolute atomic E-state index is 12.2. The number of amides is 2. The summed E-state index contributed by atoms with van der Waals surface area (Å²) in [7, 11) is 0. The van der Waals surface area contributed by atoms with Gasteiger partial charge in [0.2, 0.25) is 0 Å². The summed E-state index contributed by atoms with van der Waals surface area (Å²) in [5.41, 5.74) is 0.791. The highest BCUT2D eigenvalue weighted by Gasteiger charge is 2.17. The number of hydrogen-bond donors (Lipinski definition) is 7. The molecule has 0 aliphatic carbocycles. The molecule has 7 N–H and O–H groups in total. The van der Waals surface area contributed by atoms with Crippen LogP contribution in [0.3, 0.4) is 0 Å². The Hall–Kier alpha value is -1.47. The molecule has 0 atom stereocenters. The molecule has 1 aromatic carbocycles. The molecular weight excluding hydrogens is 433 g/mol. The molecule has 0 radical (unpaired) electrons. The van der Waals surface area contributed by atoms with Crippen molar-refractivity contribution >= 4 is 40.4 Å². The molecule has 1 rings (SSSR count). The lowest BCUT2D eigenvalue weighted by molar-refractivity contribution is 0.0877. The van der Waals surface area contributed by atoms with Gasteiger partial charge >= 0.3 is 0 Å². The topological polar surface area (TPSA) is 151 Å². The molecular formula is C14H20IN3O6. The summed E-state index contributed by atoms with van der Waals surface area (Å²) < 4.78 is 2.79. The fourth-order valence-corrected chi connectivity index (χ4v) is 2.09. The maximum atomic E-state index is 12.2. The second-order valence-electron chi connectivity index (χ2n) is 4.96. The highest BCUT2D eigenvalue weighted by atomic mass is 127. The minimum Gasteiger partial charge on any atom is -0.394 e. The molecule has 134 valence electrons. The van der Waals surface area contributed by atoms with Crippen LogP contribution >= 0.6 is 22.9 Å². The number of benzene rings is 1. The van der Waals surface area contributed by atoms with E-state index in [2.05, 4.69) is 14.2 Å². The molecule has 0 aromatic heterocycles. The number of halogens is 1. The number of hydrogen-bond acceptors (Lipinski definition) is 7. The molecule has 24 heavy (non-hydrogen) atoms. The van der Waals surface area contributed by atoms with E-state index in [-0.39, 0.29) is 11.1 Å². The largest absolute Gasteiger partial charge is 0.394 e. The fourth-order valence-electron chi connectivity index (χ4n) is 1.78. The van der Waals surface area contributed by atoms with Gasteiger partial charge in [0.1, 0.15) is 0 Å². The first-order chi connectivity index (χ1) is 11.5. The first-order valence-electron chi connectivity index (χ1n) is 7.05. The summed E-state index contributed by atoms with van der Waals surface area (Å²) in [5, 5.41) is 40.9. The Labute approximate surface area is 152 Å². The summed E-state index contributed by atoms with van der Waals surface area (Å²) in [6, 6.07) is 2.72. The molecule has 0 heterocycles. The highest BCUT2D eigenvalue weighted by Crippen LogP contribution is 2.17. The Morgan fingerprint density at radius 1 is 0.833 bits per heavy atom. The van der Waals surface area contributed by atoms with E-state index in [0.717, 1.165) is 0 Å². The first kappa shape index (κ1) is 20.6. The van der Waals surface area contributed by atoms with Crippen molar-refractivity contribution in [2.45, 2.75) is 12.1 Å². The zero-order valence-electron chi connectivity index (χ0n) is 12.7. The van der Waals surface area contributed by atoms with E-state index in [0.29, 0.717) is 5.69 Å². The van der Waals surface area contributed by atoms with Crippen LogP contribution in [0.4, 0.5) is 5.69 Å². The fraction of sp³-hybridized carbons (Fsp3) is 0.429. The molecule has 0 bridgehead atoms. The van der Waals surface area contributed by atoms with Gasteiger partial charge in [-0.15, -0.1) is 0 Å². The molecule has 2 amide bonds. The van der Waals surface area contributed by atoms with Crippen LogP contribution in [0.5, 0.6) is 0 Å². The molecule has 0 fully saturated rings. The normalized spacial score (nSPS) is 10.8. The molecule has 0 aliphatic rings. The van der Waals surface area contributed by atoms with E-state index in [9.17, 15) is 9.59 Å². The molecule has 0 aliphatic heterocycles. The van der Waals surface area contributed by atoms with Crippen molar-refractivity contribution in [3.8, 4) is 0 Å². The summed E-state index contributed by atoms with van der Waals surface area (Å²) >= 11 is 1.84. The maximum Gasteiger partial charge on any atom is 0.251 e. The number of carbonyl (C=O) groups excluding carboxylic acids is 2. The van der Waals surface area contributed by atoms with Gasteiger partial charge < -0.3 is 34.6 Å². The quantitative estimate of drug-likeness (QED) is 0.180. The summed E-state index contributed by atoms with van der Waals surface area (Å²) in [6.07, 6.45) is 0. The van der Waals surface area contributed by atoms with Crippen molar-refractivity contribution < 1.29 is 30.0 Å². The summed E-state index contributed by atoms with van der Waals surface area (Å²) in [6.45, 7) is -1.69. The van der Waals surface area contributed by atoms with E-state index in [1.165, 1.54) is 18.2 Å². The van der Waals surface area contributed by atoms with Gasteiger partial charge in [0.25, 0.3) is 11.8 Å². The van der Waals surface area contributed by atoms with Gasteiger partial charge in [-0.2, -0.15) is 0 Å². The summed E-state index contributed by atoms with van der Waals surface area (Å²) in [4.78, 5) is 24.4. The van der Waals surface area contributed by atoms with Crippen LogP contribution in [0.25, 0.3) is 0 Å². The molecule has 0 spiro atoms. The molecule has 10 heteroatoms. The third-order valence-electron chi connectivity index (χ3n) is 3.12. The minimum absolute atomic E-state index is 0.151. The zero-order chi connectivity index (χ0) is 18.1. The Bertz CT molecular complexity index is 519. The van der Waals surface area contributed by atoms with Crippen LogP contribution in [-0.2, 0) is 0 Å². The molecule has 1 aromatic rings. The van der Waals surface area contributed by atoms with E-state index in [4.69, 9.17) is 20.4 Å². The zero-order valence-corrected chi connectivity index (χ0v) is 14.9. The molecule has 0 saturated carbocycles. The van der Waals surface area contributed by atoms with Gasteiger partial charge in [0.15, 0.2) is 0 Å². The number of anilines is 1. The SMILES string of the molecule is O=C(NC(CO)CO)c1cc(NI)cc(C(=O)NC(CO)CO)c1. The van der Waals surface area contributed by atoms with E-state index < -0.39 is 50.3 Å². The average Bonchev–Trinajstić information content (AvgIpc) is 2.62. The predicted octanol–water partition coefficient (Wildman–Crippen LogP) is -1.39. The van der Waals surface area contributed by atoms with Crippen molar-refractivity contribution in [1.29, 1.82) is 0 Å². The predicted molar refractivity (Wildman–Crippen MR) is 94.9 cm³/mol. The smallest absolute Gasteiger partial charge is 0.251 e. The number of aliphatic hydroxyl groups is 4. The lowest BCUT2D eigenvalue weighted by atomic mass is 10.1. The van der Waals surface area contributed by atoms with Crippen LogP contribution in [0.1, 0.15) is 20.7 Å². The standard InChI is InChI=1S/C14H20IN3O6/c15-18-10-2-8(13(23)16-11(4-19)5-20)1-9(3-10)14(24)17-12(6-21)7-22/h1-3,11-12,18-22H,4-7H2,(H,16,23)(H,17,24). The van der Waals surface area contributed by atoms with Gasteiger partial charge in [0, 0.05) is 16.8 Å². The number of aliphatic hydroxyl groups excluding tert-OH is 4. The van der Waals surface area contributed by atoms with Crippen molar-refractivity contribution in [3.05, 3.63) is 29.3 Å². The minimum atomic E-state index is -0.806. The lowest BCUT2D eigenvalue weighted by Gasteiger charge is -2.16. The molecule has 0 unspecified atom stereocenters. The van der Waals surface area contributed by atoms with Crippen LogP contribution < -0.4 is 14.2 Å². The van der Waals surface area contributed by atoms with E-state index in [1.807, 2.05) is 22.9 Å². The van der Waals surface area contributed by atoms with Crippen LogP contribution in [0.2, 0.25) is 0 Å². The number of carbonyl (C=O) groups is 2. The third kappa shape index (κ3) is 5.87. The highest BCUT2D eigenvalue weighted by molar-refractivity contribution is 14.1. The third-order valence-corrected chi connectivity index (χ3v) is 3.74. The van der Waals surface area contributed by atoms with Gasteiger partial charge in [-0.1, -0.05) is 0 Å². The Balaban J connectivity index is 3.03. The monoisotopic (exact) mass is 453 g/mol. The average molecular weight is 453 g/mol. The van der Waals surface area contributed by atoms with Gasteiger partial charge in [-0.3, -0.25) is 9.59 Å². The van der Waals surface area contributed by atoms with Crippen molar-refractivity contribution in [3.63, 3.8) is 0 Å².